The Morgan fingerprint density at radius 2 is 1.55 bits per heavy atom. The van der Waals surface area contributed by atoms with Gasteiger partial charge in [0.15, 0.2) is 0 Å². The summed E-state index contributed by atoms with van der Waals surface area (Å²) in [7, 11) is -8.13. The van der Waals surface area contributed by atoms with E-state index in [9.17, 15) is 21.6 Å². The highest BCUT2D eigenvalue weighted by atomic mass is 35.5. The molecule has 0 saturated heterocycles. The molecule has 0 saturated carbocycles. The smallest absolute Gasteiger partial charge is 0.327 e. The third kappa shape index (κ3) is 5.93. The Hall–Kier alpha value is -2.79. The molecule has 0 spiro atoms. The summed E-state index contributed by atoms with van der Waals surface area (Å²) < 4.78 is 61.6. The summed E-state index contributed by atoms with van der Waals surface area (Å²) >= 11 is 12.1. The number of carbonyl (C=O) groups excluding carboxylic acids is 1. The van der Waals surface area contributed by atoms with E-state index in [0.717, 1.165) is 4.31 Å². The fourth-order valence-corrected chi connectivity index (χ4v) is 7.75. The molecule has 3 aromatic carbocycles. The second kappa shape index (κ2) is 10.4. The molecule has 0 N–H and O–H groups in total. The topological polar surface area (TPSA) is 101 Å². The van der Waals surface area contributed by atoms with Gasteiger partial charge in [-0.3, -0.25) is 13.4 Å². The first-order chi connectivity index (χ1) is 17.7. The molecule has 0 aliphatic carbocycles. The molecular weight excluding hydrogens is 571 g/mol. The molecule has 1 aliphatic rings. The molecule has 1 aliphatic heterocycles. The Labute approximate surface area is 232 Å². The predicted molar refractivity (Wildman–Crippen MR) is 148 cm³/mol. The lowest BCUT2D eigenvalue weighted by molar-refractivity contribution is -0.152. The molecular formula is C26H26Cl2N2O6S2. The fraction of sp³-hybridized carbons (Fsp3) is 0.269. The van der Waals surface area contributed by atoms with Gasteiger partial charge in [0.25, 0.3) is 20.0 Å². The van der Waals surface area contributed by atoms with Gasteiger partial charge in [-0.1, -0.05) is 41.4 Å². The van der Waals surface area contributed by atoms with Gasteiger partial charge in [0.05, 0.1) is 21.2 Å². The third-order valence-electron chi connectivity index (χ3n) is 5.65. The Kier molecular flexibility index (Phi) is 7.73. The molecule has 3 aromatic rings. The number of carbonyl (C=O) groups is 1. The molecule has 1 heterocycles. The first-order valence-corrected chi connectivity index (χ1v) is 15.2. The van der Waals surface area contributed by atoms with E-state index in [1.54, 1.807) is 51.1 Å². The number of halogens is 2. The number of rotatable bonds is 7. The van der Waals surface area contributed by atoms with Crippen LogP contribution < -0.4 is 8.61 Å². The minimum atomic E-state index is -4.32. The van der Waals surface area contributed by atoms with Crippen LogP contribution in [0.4, 0.5) is 11.4 Å². The van der Waals surface area contributed by atoms with Gasteiger partial charge < -0.3 is 4.74 Å². The maximum Gasteiger partial charge on any atom is 0.327 e. The lowest BCUT2D eigenvalue weighted by Crippen LogP contribution is -2.39. The number of nitrogens with zero attached hydrogens (tertiary/aromatic N) is 2. The van der Waals surface area contributed by atoms with E-state index in [1.807, 2.05) is 0 Å². The molecule has 8 nitrogen and oxygen atoms in total. The number of esters is 1. The van der Waals surface area contributed by atoms with Crippen molar-refractivity contribution in [2.75, 3.05) is 21.7 Å². The van der Waals surface area contributed by atoms with Crippen LogP contribution >= 0.6 is 23.2 Å². The summed E-state index contributed by atoms with van der Waals surface area (Å²) in [6.07, 6.45) is 0.360. The number of benzene rings is 3. The maximum absolute atomic E-state index is 13.7. The van der Waals surface area contributed by atoms with E-state index in [0.29, 0.717) is 17.7 Å². The van der Waals surface area contributed by atoms with Crippen LogP contribution in [0.25, 0.3) is 0 Å². The van der Waals surface area contributed by atoms with Crippen LogP contribution in [0.3, 0.4) is 0 Å². The van der Waals surface area contributed by atoms with Crippen molar-refractivity contribution >= 4 is 60.6 Å². The quantitative estimate of drug-likeness (QED) is 0.344. The van der Waals surface area contributed by atoms with Crippen LogP contribution in [0.5, 0.6) is 0 Å². The van der Waals surface area contributed by atoms with E-state index in [1.165, 1.54) is 40.7 Å². The molecule has 0 bridgehead atoms. The number of fused-ring (bicyclic) bond motifs is 1. The minimum absolute atomic E-state index is 0.115. The van der Waals surface area contributed by atoms with Crippen LogP contribution in [0, 0.1) is 0 Å². The molecule has 12 heteroatoms. The zero-order chi connectivity index (χ0) is 27.9. The van der Waals surface area contributed by atoms with Crippen LogP contribution in [-0.4, -0.2) is 41.5 Å². The van der Waals surface area contributed by atoms with E-state index in [2.05, 4.69) is 0 Å². The molecule has 0 aromatic heterocycles. The number of hydrogen-bond acceptors (Lipinski definition) is 6. The van der Waals surface area contributed by atoms with Crippen molar-refractivity contribution in [1.82, 2.24) is 0 Å². The number of hydrogen-bond donors (Lipinski definition) is 0. The van der Waals surface area contributed by atoms with Crippen molar-refractivity contribution in [1.29, 1.82) is 0 Å². The maximum atomic E-state index is 13.7. The van der Waals surface area contributed by atoms with Crippen molar-refractivity contribution < 1.29 is 26.4 Å². The first kappa shape index (κ1) is 28.2. The molecule has 202 valence electrons. The van der Waals surface area contributed by atoms with Gasteiger partial charge >= 0.3 is 5.97 Å². The molecule has 0 atom stereocenters. The predicted octanol–water partition coefficient (Wildman–Crippen LogP) is 5.28. The minimum Gasteiger partial charge on any atom is -0.459 e. The van der Waals surface area contributed by atoms with Crippen molar-refractivity contribution in [3.63, 3.8) is 0 Å². The third-order valence-corrected chi connectivity index (χ3v) is 9.67. The van der Waals surface area contributed by atoms with E-state index in [-0.39, 0.29) is 32.1 Å². The lowest BCUT2D eigenvalue weighted by atomic mass is 10.1. The van der Waals surface area contributed by atoms with Crippen LogP contribution in [0.15, 0.2) is 76.5 Å². The van der Waals surface area contributed by atoms with Gasteiger partial charge in [-0.25, -0.2) is 16.8 Å². The highest BCUT2D eigenvalue weighted by molar-refractivity contribution is 7.93. The average Bonchev–Trinajstić information content (AvgIpc) is 3.25. The Morgan fingerprint density at radius 3 is 2.16 bits per heavy atom. The number of ether oxygens (including phenoxy) is 1. The Bertz CT molecular complexity index is 1570. The zero-order valence-corrected chi connectivity index (χ0v) is 24.0. The van der Waals surface area contributed by atoms with E-state index >= 15 is 0 Å². The zero-order valence-electron chi connectivity index (χ0n) is 20.9. The standard InChI is InChI=1S/C26H26Cl2N2O6S2/c1-26(2,3)36-25(31)17-30(38(34,35)23-15-19(27)14-20(28)16-23)21-9-10-24-18(13-21)11-12-29(24)37(32,33)22-7-5-4-6-8-22/h4-10,13-16H,11-12,17H2,1-3H3. The van der Waals surface area contributed by atoms with E-state index < -0.39 is 38.2 Å². The van der Waals surface area contributed by atoms with Crippen molar-refractivity contribution in [2.45, 2.75) is 42.6 Å². The second-order valence-electron chi connectivity index (χ2n) is 9.66. The van der Waals surface area contributed by atoms with Crippen molar-refractivity contribution in [3.05, 3.63) is 82.3 Å². The first-order valence-electron chi connectivity index (χ1n) is 11.6. The monoisotopic (exact) mass is 596 g/mol. The fourth-order valence-electron chi connectivity index (χ4n) is 4.09. The molecule has 0 amide bonds. The largest absolute Gasteiger partial charge is 0.459 e. The number of anilines is 2. The summed E-state index contributed by atoms with van der Waals surface area (Å²) in [5.41, 5.74) is 0.397. The number of sulfonamides is 2. The Morgan fingerprint density at radius 1 is 0.921 bits per heavy atom. The molecule has 0 radical (unpaired) electrons. The summed E-state index contributed by atoms with van der Waals surface area (Å²) in [5, 5.41) is 0.230. The van der Waals surface area contributed by atoms with Crippen LogP contribution in [-0.2, 0) is 36.0 Å². The van der Waals surface area contributed by atoms with Gasteiger partial charge in [0, 0.05) is 16.6 Å². The molecule has 38 heavy (non-hydrogen) atoms. The highest BCUT2D eigenvalue weighted by Gasteiger charge is 2.34. The summed E-state index contributed by atoms with van der Waals surface area (Å²) in [4.78, 5) is 12.7. The van der Waals surface area contributed by atoms with Gasteiger partial charge in [0.1, 0.15) is 12.1 Å². The Balaban J connectivity index is 1.76. The van der Waals surface area contributed by atoms with Crippen molar-refractivity contribution in [2.24, 2.45) is 0 Å². The van der Waals surface area contributed by atoms with Gasteiger partial charge in [-0.2, -0.15) is 0 Å². The van der Waals surface area contributed by atoms with Crippen molar-refractivity contribution in [3.8, 4) is 0 Å². The molecule has 4 rings (SSSR count). The summed E-state index contributed by atoms with van der Waals surface area (Å²) in [5.74, 6) is -0.761. The summed E-state index contributed by atoms with van der Waals surface area (Å²) in [6, 6.07) is 16.5. The molecule has 0 unspecified atom stereocenters. The average molecular weight is 598 g/mol. The second-order valence-corrected chi connectivity index (χ2v) is 14.3. The lowest BCUT2D eigenvalue weighted by Gasteiger charge is -2.27. The molecule has 0 fully saturated rings. The summed E-state index contributed by atoms with van der Waals surface area (Å²) in [6.45, 7) is 4.61. The highest BCUT2D eigenvalue weighted by Crippen LogP contribution is 2.37. The normalized spacial score (nSPS) is 13.8. The van der Waals surface area contributed by atoms with Gasteiger partial charge in [-0.15, -0.1) is 0 Å². The van der Waals surface area contributed by atoms with Crippen LogP contribution in [0.2, 0.25) is 10.0 Å². The van der Waals surface area contributed by atoms with E-state index in [4.69, 9.17) is 27.9 Å². The SMILES string of the molecule is CC(C)(C)OC(=O)CN(c1ccc2c(c1)CCN2S(=O)(=O)c1ccccc1)S(=O)(=O)c1cc(Cl)cc(Cl)c1. The van der Waals surface area contributed by atoms with Gasteiger partial charge in [0.2, 0.25) is 0 Å². The van der Waals surface area contributed by atoms with Crippen LogP contribution in [0.1, 0.15) is 26.3 Å². The van der Waals surface area contributed by atoms with Gasteiger partial charge in [-0.05, 0) is 81.3 Å².